The molecule has 24 heavy (non-hydrogen) atoms. The number of rotatable bonds is 4. The fourth-order valence-corrected chi connectivity index (χ4v) is 3.68. The van der Waals surface area contributed by atoms with Crippen LogP contribution in [0.3, 0.4) is 0 Å². The van der Waals surface area contributed by atoms with Gasteiger partial charge in [0.15, 0.2) is 11.5 Å². The third-order valence-corrected chi connectivity index (χ3v) is 5.32. The maximum atomic E-state index is 12.2. The van der Waals surface area contributed by atoms with Crippen LogP contribution in [0, 0.1) is 11.8 Å². The second kappa shape index (κ2) is 6.63. The van der Waals surface area contributed by atoms with E-state index in [1.807, 2.05) is 6.07 Å². The Morgan fingerprint density at radius 3 is 2.75 bits per heavy atom. The van der Waals surface area contributed by atoms with Gasteiger partial charge in [-0.15, -0.1) is 0 Å². The number of hydrogen-bond acceptors (Lipinski definition) is 4. The Kier molecular flexibility index (Phi) is 4.35. The molecule has 2 fully saturated rings. The van der Waals surface area contributed by atoms with Crippen LogP contribution in [-0.4, -0.2) is 43.2 Å². The van der Waals surface area contributed by atoms with E-state index in [1.165, 1.54) is 5.56 Å². The third-order valence-electron chi connectivity index (χ3n) is 5.32. The number of nitrogens with zero attached hydrogens (tertiary/aromatic N) is 1. The molecule has 5 nitrogen and oxygen atoms in total. The van der Waals surface area contributed by atoms with Crippen LogP contribution in [-0.2, 0) is 11.3 Å². The largest absolute Gasteiger partial charge is 0.486 e. The first-order valence-electron chi connectivity index (χ1n) is 9.11. The highest BCUT2D eigenvalue weighted by molar-refractivity contribution is 5.81. The molecule has 1 aliphatic carbocycles. The summed E-state index contributed by atoms with van der Waals surface area (Å²) in [6.07, 6.45) is 3.22. The van der Waals surface area contributed by atoms with E-state index in [1.54, 1.807) is 0 Å². The average molecular weight is 330 g/mol. The van der Waals surface area contributed by atoms with E-state index in [-0.39, 0.29) is 0 Å². The zero-order chi connectivity index (χ0) is 16.5. The molecule has 2 heterocycles. The molecule has 0 radical (unpaired) electrons. The number of amides is 1. The molecule has 0 spiro atoms. The van der Waals surface area contributed by atoms with Crippen LogP contribution in [0.5, 0.6) is 11.5 Å². The van der Waals surface area contributed by atoms with Crippen molar-refractivity contribution in [3.8, 4) is 11.5 Å². The van der Waals surface area contributed by atoms with Crippen molar-refractivity contribution in [2.45, 2.75) is 38.8 Å². The van der Waals surface area contributed by atoms with Crippen LogP contribution in [0.15, 0.2) is 18.2 Å². The lowest BCUT2D eigenvalue weighted by Crippen LogP contribution is -2.50. The molecule has 1 saturated carbocycles. The monoisotopic (exact) mass is 330 g/mol. The molecule has 1 aromatic rings. The molecule has 0 aromatic heterocycles. The maximum absolute atomic E-state index is 12.2. The molecule has 1 aromatic carbocycles. The minimum atomic E-state index is 0.333. The lowest BCUT2D eigenvalue weighted by molar-refractivity contribution is -0.134. The Bertz CT molecular complexity index is 615. The normalized spacial score (nSPS) is 26.3. The van der Waals surface area contributed by atoms with Gasteiger partial charge in [-0.05, 0) is 42.9 Å². The summed E-state index contributed by atoms with van der Waals surface area (Å²) in [6, 6.07) is 6.61. The first kappa shape index (κ1) is 15.8. The van der Waals surface area contributed by atoms with Crippen molar-refractivity contribution >= 4 is 5.91 Å². The van der Waals surface area contributed by atoms with Gasteiger partial charge in [-0.2, -0.15) is 0 Å². The Morgan fingerprint density at radius 1 is 1.21 bits per heavy atom. The predicted octanol–water partition coefficient (Wildman–Crippen LogP) is 2.19. The van der Waals surface area contributed by atoms with Crippen molar-refractivity contribution in [1.82, 2.24) is 10.2 Å². The van der Waals surface area contributed by atoms with Crippen molar-refractivity contribution in [1.29, 1.82) is 0 Å². The van der Waals surface area contributed by atoms with E-state index in [4.69, 9.17) is 9.47 Å². The Hall–Kier alpha value is -1.75. The zero-order valence-electron chi connectivity index (χ0n) is 14.3. The highest BCUT2D eigenvalue weighted by Crippen LogP contribution is 2.33. The van der Waals surface area contributed by atoms with Gasteiger partial charge in [-0.3, -0.25) is 4.79 Å². The maximum Gasteiger partial charge on any atom is 0.225 e. The SMILES string of the molecule is C[C@@H]1CN(C(=O)C2CC2)CC[C@H]1NCc1ccc2c(c1)OCCO2. The standard InChI is InChI=1S/C19H26N2O3/c1-13-12-21(19(22)15-3-4-15)7-6-16(13)20-11-14-2-5-17-18(10-14)24-9-8-23-17/h2,5,10,13,15-16,20H,3-4,6-9,11-12H2,1H3/t13-,16-/m1/s1. The van der Waals surface area contributed by atoms with Crippen LogP contribution in [0.2, 0.25) is 0 Å². The lowest BCUT2D eigenvalue weighted by Gasteiger charge is -2.37. The number of likely N-dealkylation sites (tertiary alicyclic amines) is 1. The summed E-state index contributed by atoms with van der Waals surface area (Å²) < 4.78 is 11.2. The van der Waals surface area contributed by atoms with Gasteiger partial charge in [0.25, 0.3) is 0 Å². The highest BCUT2D eigenvalue weighted by atomic mass is 16.6. The predicted molar refractivity (Wildman–Crippen MR) is 91.1 cm³/mol. The topological polar surface area (TPSA) is 50.8 Å². The zero-order valence-corrected chi connectivity index (χ0v) is 14.3. The van der Waals surface area contributed by atoms with Crippen LogP contribution < -0.4 is 14.8 Å². The van der Waals surface area contributed by atoms with Crippen LogP contribution in [0.1, 0.15) is 31.7 Å². The fraction of sp³-hybridized carbons (Fsp3) is 0.632. The molecule has 2 aliphatic heterocycles. The number of benzene rings is 1. The van der Waals surface area contributed by atoms with Crippen molar-refractivity contribution in [3.63, 3.8) is 0 Å². The molecule has 3 aliphatic rings. The van der Waals surface area contributed by atoms with E-state index < -0.39 is 0 Å². The van der Waals surface area contributed by atoms with Gasteiger partial charge in [-0.1, -0.05) is 13.0 Å². The molecule has 5 heteroatoms. The lowest BCUT2D eigenvalue weighted by atomic mass is 9.93. The second-order valence-electron chi connectivity index (χ2n) is 7.29. The fourth-order valence-electron chi connectivity index (χ4n) is 3.68. The van der Waals surface area contributed by atoms with Crippen LogP contribution in [0.4, 0.5) is 0 Å². The Balaban J connectivity index is 1.30. The number of ether oxygens (including phenoxy) is 2. The molecule has 0 bridgehead atoms. The van der Waals surface area contributed by atoms with Crippen LogP contribution in [0.25, 0.3) is 0 Å². The summed E-state index contributed by atoms with van der Waals surface area (Å²) in [7, 11) is 0. The highest BCUT2D eigenvalue weighted by Gasteiger charge is 2.36. The Labute approximate surface area is 143 Å². The molecule has 1 amide bonds. The number of fused-ring (bicyclic) bond motifs is 1. The van der Waals surface area contributed by atoms with E-state index in [0.29, 0.717) is 37.0 Å². The Morgan fingerprint density at radius 2 is 2.00 bits per heavy atom. The number of piperidine rings is 1. The molecule has 2 atom stereocenters. The number of nitrogens with one attached hydrogen (secondary N) is 1. The molecular weight excluding hydrogens is 304 g/mol. The second-order valence-corrected chi connectivity index (χ2v) is 7.29. The molecule has 1 N–H and O–H groups in total. The third kappa shape index (κ3) is 3.36. The van der Waals surface area contributed by atoms with Crippen molar-refractivity contribution in [2.75, 3.05) is 26.3 Å². The van der Waals surface area contributed by atoms with Crippen molar-refractivity contribution < 1.29 is 14.3 Å². The average Bonchev–Trinajstić information content (AvgIpc) is 3.45. The van der Waals surface area contributed by atoms with Gasteiger partial charge >= 0.3 is 0 Å². The molecule has 0 unspecified atom stereocenters. The summed E-state index contributed by atoms with van der Waals surface area (Å²) in [5, 5.41) is 3.66. The van der Waals surface area contributed by atoms with E-state index in [9.17, 15) is 4.79 Å². The summed E-state index contributed by atoms with van der Waals surface area (Å²) in [5.74, 6) is 2.88. The van der Waals surface area contributed by atoms with Gasteiger partial charge in [0.1, 0.15) is 13.2 Å². The molecule has 1 saturated heterocycles. The van der Waals surface area contributed by atoms with Crippen molar-refractivity contribution in [3.05, 3.63) is 23.8 Å². The first-order chi connectivity index (χ1) is 11.7. The van der Waals surface area contributed by atoms with Gasteiger partial charge < -0.3 is 19.7 Å². The summed E-state index contributed by atoms with van der Waals surface area (Å²) in [4.78, 5) is 14.3. The number of carbonyl (C=O) groups is 1. The van der Waals surface area contributed by atoms with Gasteiger partial charge in [0.05, 0.1) is 0 Å². The van der Waals surface area contributed by atoms with Gasteiger partial charge in [-0.25, -0.2) is 0 Å². The number of hydrogen-bond donors (Lipinski definition) is 1. The quantitative estimate of drug-likeness (QED) is 0.919. The first-order valence-corrected chi connectivity index (χ1v) is 9.11. The molecule has 4 rings (SSSR count). The molecular formula is C19H26N2O3. The van der Waals surface area contributed by atoms with E-state index in [2.05, 4.69) is 29.3 Å². The summed E-state index contributed by atoms with van der Waals surface area (Å²) in [6.45, 7) is 6.08. The smallest absolute Gasteiger partial charge is 0.225 e. The van der Waals surface area contributed by atoms with Crippen molar-refractivity contribution in [2.24, 2.45) is 11.8 Å². The number of carbonyl (C=O) groups excluding carboxylic acids is 1. The summed E-state index contributed by atoms with van der Waals surface area (Å²) in [5.41, 5.74) is 1.21. The summed E-state index contributed by atoms with van der Waals surface area (Å²) >= 11 is 0. The minimum absolute atomic E-state index is 0.333. The van der Waals surface area contributed by atoms with Gasteiger partial charge in [0.2, 0.25) is 5.91 Å². The minimum Gasteiger partial charge on any atom is -0.486 e. The van der Waals surface area contributed by atoms with Gasteiger partial charge in [0, 0.05) is 31.6 Å². The van der Waals surface area contributed by atoms with E-state index in [0.717, 1.165) is 50.4 Å². The van der Waals surface area contributed by atoms with Crippen LogP contribution >= 0.6 is 0 Å². The van der Waals surface area contributed by atoms with E-state index >= 15 is 0 Å². The molecule has 130 valence electrons.